The van der Waals surface area contributed by atoms with Gasteiger partial charge in [0, 0.05) is 12.4 Å². The first-order valence-corrected chi connectivity index (χ1v) is 6.91. The summed E-state index contributed by atoms with van der Waals surface area (Å²) in [5.41, 5.74) is 2.30. The summed E-state index contributed by atoms with van der Waals surface area (Å²) in [6.07, 6.45) is 7.61. The highest BCUT2D eigenvalue weighted by molar-refractivity contribution is 5.66. The minimum Gasteiger partial charge on any atom is -0.293 e. The average molecular weight is 305 g/mol. The molecule has 1 aromatic carbocycles. The van der Waals surface area contributed by atoms with E-state index in [2.05, 4.69) is 25.0 Å². The van der Waals surface area contributed by atoms with Crippen LogP contribution in [0.3, 0.4) is 0 Å². The summed E-state index contributed by atoms with van der Waals surface area (Å²) in [7, 11) is 0. The summed E-state index contributed by atoms with van der Waals surface area (Å²) in [6.45, 7) is 0.413. The van der Waals surface area contributed by atoms with Crippen LogP contribution in [0.25, 0.3) is 16.9 Å². The zero-order valence-electron chi connectivity index (χ0n) is 11.9. The highest BCUT2D eigenvalue weighted by Crippen LogP contribution is 2.09. The number of hydrogen-bond donors (Lipinski definition) is 0. The second-order valence-electron chi connectivity index (χ2n) is 4.91. The Kier molecular flexibility index (Phi) is 3.12. The molecule has 0 aliphatic carbocycles. The van der Waals surface area contributed by atoms with Crippen molar-refractivity contribution in [3.63, 3.8) is 0 Å². The first-order valence-electron chi connectivity index (χ1n) is 6.91. The van der Waals surface area contributed by atoms with Crippen LogP contribution in [0.4, 0.5) is 0 Å². The SMILES string of the molecule is O=c1c2nccnc2ncn1Cc1ccc(-n2cncn2)cc1. The fourth-order valence-corrected chi connectivity index (χ4v) is 2.29. The Morgan fingerprint density at radius 1 is 0.957 bits per heavy atom. The van der Waals surface area contributed by atoms with Crippen LogP contribution >= 0.6 is 0 Å². The topological polar surface area (TPSA) is 91.4 Å². The normalized spacial score (nSPS) is 11.0. The Morgan fingerprint density at radius 3 is 2.57 bits per heavy atom. The molecule has 4 rings (SSSR count). The number of fused-ring (bicyclic) bond motifs is 1. The molecular formula is C15H11N7O. The number of rotatable bonds is 3. The maximum Gasteiger partial charge on any atom is 0.281 e. The predicted molar refractivity (Wildman–Crippen MR) is 82.1 cm³/mol. The van der Waals surface area contributed by atoms with Crippen LogP contribution in [0.5, 0.6) is 0 Å². The second kappa shape index (κ2) is 5.41. The summed E-state index contributed by atoms with van der Waals surface area (Å²) < 4.78 is 3.19. The van der Waals surface area contributed by atoms with Crippen molar-refractivity contribution in [3.8, 4) is 5.69 Å². The molecule has 8 nitrogen and oxygen atoms in total. The molecule has 0 atom stereocenters. The standard InChI is InChI=1S/C15H11N7O/c23-15-13-14(18-6-5-17-13)19-10-21(15)7-11-1-3-12(4-2-11)22-9-16-8-20-22/h1-6,8-10H,7H2. The number of nitrogens with zero attached hydrogens (tertiary/aromatic N) is 7. The van der Waals surface area contributed by atoms with Crippen molar-refractivity contribution in [2.24, 2.45) is 0 Å². The van der Waals surface area contributed by atoms with Crippen LogP contribution in [0, 0.1) is 0 Å². The van der Waals surface area contributed by atoms with Gasteiger partial charge in [-0.15, -0.1) is 0 Å². The molecule has 0 radical (unpaired) electrons. The van der Waals surface area contributed by atoms with Gasteiger partial charge in [-0.3, -0.25) is 9.36 Å². The van der Waals surface area contributed by atoms with E-state index in [9.17, 15) is 4.79 Å². The Morgan fingerprint density at radius 2 is 1.78 bits per heavy atom. The predicted octanol–water partition coefficient (Wildman–Crippen LogP) is 0.816. The maximum atomic E-state index is 12.4. The number of benzene rings is 1. The molecule has 0 fully saturated rings. The van der Waals surface area contributed by atoms with Crippen molar-refractivity contribution in [1.29, 1.82) is 0 Å². The van der Waals surface area contributed by atoms with E-state index in [-0.39, 0.29) is 11.1 Å². The van der Waals surface area contributed by atoms with Crippen molar-refractivity contribution in [2.75, 3.05) is 0 Å². The molecule has 0 amide bonds. The smallest absolute Gasteiger partial charge is 0.281 e. The van der Waals surface area contributed by atoms with Crippen LogP contribution < -0.4 is 5.56 Å². The average Bonchev–Trinajstić information content (AvgIpc) is 3.13. The largest absolute Gasteiger partial charge is 0.293 e. The highest BCUT2D eigenvalue weighted by Gasteiger charge is 2.06. The van der Waals surface area contributed by atoms with E-state index in [4.69, 9.17) is 0 Å². The van der Waals surface area contributed by atoms with Gasteiger partial charge in [-0.1, -0.05) is 12.1 Å². The van der Waals surface area contributed by atoms with Gasteiger partial charge in [-0.25, -0.2) is 24.6 Å². The Labute approximate surface area is 130 Å². The molecule has 3 heterocycles. The quantitative estimate of drug-likeness (QED) is 0.556. The van der Waals surface area contributed by atoms with E-state index in [0.29, 0.717) is 12.2 Å². The summed E-state index contributed by atoms with van der Waals surface area (Å²) in [6, 6.07) is 7.71. The van der Waals surface area contributed by atoms with Crippen molar-refractivity contribution in [2.45, 2.75) is 6.54 Å². The molecule has 0 spiro atoms. The third-order valence-corrected chi connectivity index (χ3v) is 3.43. The van der Waals surface area contributed by atoms with E-state index < -0.39 is 0 Å². The van der Waals surface area contributed by atoms with Gasteiger partial charge in [-0.2, -0.15) is 5.10 Å². The van der Waals surface area contributed by atoms with Gasteiger partial charge in [-0.05, 0) is 17.7 Å². The fraction of sp³-hybridized carbons (Fsp3) is 0.0667. The van der Waals surface area contributed by atoms with E-state index >= 15 is 0 Å². The molecule has 0 aliphatic heterocycles. The first kappa shape index (κ1) is 13.3. The third-order valence-electron chi connectivity index (χ3n) is 3.43. The summed E-state index contributed by atoms with van der Waals surface area (Å²) in [5.74, 6) is 0. The molecule has 3 aromatic heterocycles. The molecule has 0 N–H and O–H groups in total. The van der Waals surface area contributed by atoms with E-state index in [1.807, 2.05) is 24.3 Å². The van der Waals surface area contributed by atoms with Crippen LogP contribution in [0.1, 0.15) is 5.56 Å². The summed E-state index contributed by atoms with van der Waals surface area (Å²) >= 11 is 0. The van der Waals surface area contributed by atoms with Crippen LogP contribution in [-0.4, -0.2) is 34.3 Å². The van der Waals surface area contributed by atoms with Gasteiger partial charge >= 0.3 is 0 Å². The zero-order chi connectivity index (χ0) is 15.6. The lowest BCUT2D eigenvalue weighted by Crippen LogP contribution is -2.22. The summed E-state index contributed by atoms with van der Waals surface area (Å²) in [4.78, 5) is 28.5. The minimum absolute atomic E-state index is 0.205. The van der Waals surface area contributed by atoms with E-state index in [1.54, 1.807) is 11.0 Å². The lowest BCUT2D eigenvalue weighted by atomic mass is 10.2. The number of aromatic nitrogens is 7. The second-order valence-corrected chi connectivity index (χ2v) is 4.91. The van der Waals surface area contributed by atoms with Gasteiger partial charge in [0.2, 0.25) is 0 Å². The molecule has 0 aliphatic rings. The summed E-state index contributed by atoms with van der Waals surface area (Å²) in [5, 5.41) is 4.07. The van der Waals surface area contributed by atoms with Crippen LogP contribution in [0.2, 0.25) is 0 Å². The minimum atomic E-state index is -0.205. The lowest BCUT2D eigenvalue weighted by molar-refractivity contribution is 0.743. The van der Waals surface area contributed by atoms with Crippen LogP contribution in [0.15, 0.2) is 60.4 Å². The molecule has 0 saturated heterocycles. The maximum absolute atomic E-state index is 12.4. The van der Waals surface area contributed by atoms with Gasteiger partial charge in [0.05, 0.1) is 12.2 Å². The van der Waals surface area contributed by atoms with Gasteiger partial charge < -0.3 is 0 Å². The van der Waals surface area contributed by atoms with Crippen molar-refractivity contribution in [3.05, 3.63) is 71.6 Å². The first-order chi connectivity index (χ1) is 11.3. The number of hydrogen-bond acceptors (Lipinski definition) is 6. The molecule has 112 valence electrons. The monoisotopic (exact) mass is 305 g/mol. The Balaban J connectivity index is 1.66. The molecular weight excluding hydrogens is 294 g/mol. The van der Waals surface area contributed by atoms with Gasteiger partial charge in [0.1, 0.15) is 19.0 Å². The fourth-order valence-electron chi connectivity index (χ4n) is 2.29. The molecule has 0 bridgehead atoms. The van der Waals surface area contributed by atoms with Crippen molar-refractivity contribution < 1.29 is 0 Å². The van der Waals surface area contributed by atoms with Crippen LogP contribution in [-0.2, 0) is 6.54 Å². The van der Waals surface area contributed by atoms with Crippen molar-refractivity contribution >= 4 is 11.2 Å². The molecule has 23 heavy (non-hydrogen) atoms. The Bertz CT molecular complexity index is 1010. The van der Waals surface area contributed by atoms with Gasteiger partial charge in [0.25, 0.3) is 5.56 Å². The van der Waals surface area contributed by atoms with Crippen molar-refractivity contribution in [1.82, 2.24) is 34.3 Å². The van der Waals surface area contributed by atoms with Gasteiger partial charge in [0.15, 0.2) is 11.2 Å². The molecule has 4 aromatic rings. The van der Waals surface area contributed by atoms with E-state index in [0.717, 1.165) is 11.3 Å². The van der Waals surface area contributed by atoms with E-state index in [1.165, 1.54) is 29.6 Å². The third kappa shape index (κ3) is 2.46. The lowest BCUT2D eigenvalue weighted by Gasteiger charge is -2.07. The highest BCUT2D eigenvalue weighted by atomic mass is 16.1. The molecule has 8 heteroatoms. The molecule has 0 unspecified atom stereocenters. The Hall–Kier alpha value is -3.42. The molecule has 0 saturated carbocycles. The zero-order valence-corrected chi connectivity index (χ0v) is 11.9.